The second-order valence-electron chi connectivity index (χ2n) is 7.40. The van der Waals surface area contributed by atoms with Crippen LogP contribution >= 0.6 is 0 Å². The van der Waals surface area contributed by atoms with Crippen LogP contribution in [0, 0.1) is 11.3 Å². The Morgan fingerprint density at radius 3 is 2.72 bits per heavy atom. The standard InChI is InChI=1S/C19H30N4O2/c1-3-16(4-2)17(24)22-10-5-7-19(13-22)14-23(11-12-25-15-19)18-20-8-6-9-21-18/h6,8-9,16H,3-5,7,10-15H2,1-2H3. The zero-order chi connectivity index (χ0) is 17.7. The number of ether oxygens (including phenoxy) is 1. The molecule has 2 aliphatic rings. The van der Waals surface area contributed by atoms with E-state index in [1.807, 2.05) is 6.07 Å². The Labute approximate surface area is 150 Å². The van der Waals surface area contributed by atoms with Crippen LogP contribution in [0.1, 0.15) is 39.5 Å². The normalized spacial score (nSPS) is 24.6. The van der Waals surface area contributed by atoms with Crippen LogP contribution in [0.5, 0.6) is 0 Å². The van der Waals surface area contributed by atoms with Gasteiger partial charge in [0.1, 0.15) is 0 Å². The molecule has 3 rings (SSSR count). The first-order valence-electron chi connectivity index (χ1n) is 9.56. The molecule has 1 aromatic rings. The molecule has 1 aromatic heterocycles. The van der Waals surface area contributed by atoms with Gasteiger partial charge in [-0.05, 0) is 31.7 Å². The van der Waals surface area contributed by atoms with Crippen molar-refractivity contribution in [2.24, 2.45) is 11.3 Å². The predicted molar refractivity (Wildman–Crippen MR) is 97.4 cm³/mol. The number of amides is 1. The quantitative estimate of drug-likeness (QED) is 0.838. The highest BCUT2D eigenvalue weighted by Gasteiger charge is 2.41. The number of likely N-dealkylation sites (tertiary alicyclic amines) is 1. The van der Waals surface area contributed by atoms with Gasteiger partial charge < -0.3 is 14.5 Å². The fourth-order valence-electron chi connectivity index (χ4n) is 4.16. The Hall–Kier alpha value is -1.69. The molecule has 6 nitrogen and oxygen atoms in total. The van der Waals surface area contributed by atoms with Crippen molar-refractivity contribution in [3.8, 4) is 0 Å². The maximum atomic E-state index is 12.9. The van der Waals surface area contributed by atoms with Crippen LogP contribution < -0.4 is 4.90 Å². The molecule has 138 valence electrons. The maximum absolute atomic E-state index is 12.9. The van der Waals surface area contributed by atoms with Gasteiger partial charge in [0, 0.05) is 49.9 Å². The zero-order valence-electron chi connectivity index (χ0n) is 15.5. The Bertz CT molecular complexity index is 564. The van der Waals surface area contributed by atoms with Gasteiger partial charge in [-0.15, -0.1) is 0 Å². The highest BCUT2D eigenvalue weighted by atomic mass is 16.5. The topological polar surface area (TPSA) is 58.6 Å². The Morgan fingerprint density at radius 1 is 1.24 bits per heavy atom. The largest absolute Gasteiger partial charge is 0.379 e. The second-order valence-corrected chi connectivity index (χ2v) is 7.40. The third-order valence-corrected chi connectivity index (χ3v) is 5.58. The van der Waals surface area contributed by atoms with Gasteiger partial charge >= 0.3 is 0 Å². The van der Waals surface area contributed by atoms with Gasteiger partial charge in [0.05, 0.1) is 13.2 Å². The van der Waals surface area contributed by atoms with Crippen LogP contribution in [0.25, 0.3) is 0 Å². The van der Waals surface area contributed by atoms with Gasteiger partial charge in [-0.25, -0.2) is 9.97 Å². The van der Waals surface area contributed by atoms with E-state index in [-0.39, 0.29) is 11.3 Å². The average molecular weight is 346 g/mol. The highest BCUT2D eigenvalue weighted by Crippen LogP contribution is 2.34. The molecule has 3 heterocycles. The molecule has 0 aliphatic carbocycles. The van der Waals surface area contributed by atoms with E-state index in [1.165, 1.54) is 0 Å². The Balaban J connectivity index is 1.75. The lowest BCUT2D eigenvalue weighted by molar-refractivity contribution is -0.140. The summed E-state index contributed by atoms with van der Waals surface area (Å²) in [5, 5.41) is 0. The molecule has 0 bridgehead atoms. The number of hydrogen-bond acceptors (Lipinski definition) is 5. The summed E-state index contributed by atoms with van der Waals surface area (Å²) in [7, 11) is 0. The van der Waals surface area contributed by atoms with E-state index >= 15 is 0 Å². The van der Waals surface area contributed by atoms with Gasteiger partial charge in [-0.3, -0.25) is 4.79 Å². The van der Waals surface area contributed by atoms with Crippen molar-refractivity contribution >= 4 is 11.9 Å². The summed E-state index contributed by atoms with van der Waals surface area (Å²) >= 11 is 0. The van der Waals surface area contributed by atoms with Gasteiger partial charge in [-0.1, -0.05) is 13.8 Å². The number of aromatic nitrogens is 2. The molecule has 2 saturated heterocycles. The zero-order valence-corrected chi connectivity index (χ0v) is 15.5. The average Bonchev–Trinajstić information content (AvgIpc) is 2.86. The molecule has 0 N–H and O–H groups in total. The van der Waals surface area contributed by atoms with Crippen LogP contribution in [-0.2, 0) is 9.53 Å². The van der Waals surface area contributed by atoms with Crippen LogP contribution in [-0.4, -0.2) is 60.2 Å². The van der Waals surface area contributed by atoms with Crippen LogP contribution in [0.4, 0.5) is 5.95 Å². The minimum Gasteiger partial charge on any atom is -0.379 e. The molecule has 2 fully saturated rings. The third-order valence-electron chi connectivity index (χ3n) is 5.58. The predicted octanol–water partition coefficient (Wildman–Crippen LogP) is 2.36. The van der Waals surface area contributed by atoms with E-state index in [4.69, 9.17) is 4.74 Å². The summed E-state index contributed by atoms with van der Waals surface area (Å²) in [6.45, 7) is 8.91. The lowest BCUT2D eigenvalue weighted by Crippen LogP contribution is -2.53. The summed E-state index contributed by atoms with van der Waals surface area (Å²) in [6.07, 6.45) is 7.52. The van der Waals surface area contributed by atoms with Gasteiger partial charge in [0.25, 0.3) is 0 Å². The smallest absolute Gasteiger partial charge is 0.225 e. The SMILES string of the molecule is CCC(CC)C(=O)N1CCCC2(COCCN(c3ncccn3)C2)C1. The van der Waals surface area contributed by atoms with E-state index in [2.05, 4.69) is 33.6 Å². The molecule has 1 spiro atoms. The van der Waals surface area contributed by atoms with Crippen LogP contribution in [0.15, 0.2) is 18.5 Å². The van der Waals surface area contributed by atoms with Crippen molar-refractivity contribution in [2.75, 3.05) is 44.3 Å². The Morgan fingerprint density at radius 2 is 2.00 bits per heavy atom. The minimum atomic E-state index is -0.0182. The minimum absolute atomic E-state index is 0.0182. The number of carbonyl (C=O) groups excluding carboxylic acids is 1. The molecule has 1 amide bonds. The summed E-state index contributed by atoms with van der Waals surface area (Å²) in [5.41, 5.74) is -0.0182. The number of anilines is 1. The fraction of sp³-hybridized carbons (Fsp3) is 0.737. The van der Waals surface area contributed by atoms with Crippen molar-refractivity contribution in [3.63, 3.8) is 0 Å². The molecular formula is C19H30N4O2. The number of carbonyl (C=O) groups is 1. The molecule has 25 heavy (non-hydrogen) atoms. The van der Waals surface area contributed by atoms with E-state index in [0.717, 1.165) is 57.8 Å². The first-order chi connectivity index (χ1) is 12.2. The van der Waals surface area contributed by atoms with E-state index in [9.17, 15) is 4.79 Å². The van der Waals surface area contributed by atoms with Crippen LogP contribution in [0.2, 0.25) is 0 Å². The second kappa shape index (κ2) is 8.13. The van der Waals surface area contributed by atoms with Crippen molar-refractivity contribution in [2.45, 2.75) is 39.5 Å². The first-order valence-corrected chi connectivity index (χ1v) is 9.56. The third kappa shape index (κ3) is 4.11. The monoisotopic (exact) mass is 346 g/mol. The number of nitrogens with zero attached hydrogens (tertiary/aromatic N) is 4. The van der Waals surface area contributed by atoms with Crippen molar-refractivity contribution < 1.29 is 9.53 Å². The summed E-state index contributed by atoms with van der Waals surface area (Å²) < 4.78 is 5.95. The van der Waals surface area contributed by atoms with Crippen LogP contribution in [0.3, 0.4) is 0 Å². The van der Waals surface area contributed by atoms with Crippen molar-refractivity contribution in [1.82, 2.24) is 14.9 Å². The first kappa shape index (κ1) is 18.1. The lowest BCUT2D eigenvalue weighted by atomic mass is 9.79. The van der Waals surface area contributed by atoms with Gasteiger partial charge in [0.2, 0.25) is 11.9 Å². The van der Waals surface area contributed by atoms with Crippen molar-refractivity contribution in [1.29, 1.82) is 0 Å². The van der Waals surface area contributed by atoms with Gasteiger partial charge in [0.15, 0.2) is 0 Å². The molecule has 6 heteroatoms. The van der Waals surface area contributed by atoms with E-state index < -0.39 is 0 Å². The molecule has 0 aromatic carbocycles. The summed E-state index contributed by atoms with van der Waals surface area (Å²) in [6, 6.07) is 1.84. The number of piperidine rings is 1. The highest BCUT2D eigenvalue weighted by molar-refractivity contribution is 5.79. The molecule has 2 aliphatic heterocycles. The summed E-state index contributed by atoms with van der Waals surface area (Å²) in [4.78, 5) is 26.0. The molecule has 1 atom stereocenters. The molecule has 0 radical (unpaired) electrons. The fourth-order valence-corrected chi connectivity index (χ4v) is 4.16. The van der Waals surface area contributed by atoms with E-state index in [0.29, 0.717) is 19.1 Å². The maximum Gasteiger partial charge on any atom is 0.225 e. The number of hydrogen-bond donors (Lipinski definition) is 0. The van der Waals surface area contributed by atoms with Gasteiger partial charge in [-0.2, -0.15) is 0 Å². The number of rotatable bonds is 4. The molecule has 0 saturated carbocycles. The summed E-state index contributed by atoms with van der Waals surface area (Å²) in [5.74, 6) is 1.22. The lowest BCUT2D eigenvalue weighted by Gasteiger charge is -2.44. The molecule has 1 unspecified atom stereocenters. The molecular weight excluding hydrogens is 316 g/mol. The van der Waals surface area contributed by atoms with Crippen molar-refractivity contribution in [3.05, 3.63) is 18.5 Å². The van der Waals surface area contributed by atoms with E-state index in [1.54, 1.807) is 12.4 Å². The Kier molecular flexibility index (Phi) is 5.89.